The summed E-state index contributed by atoms with van der Waals surface area (Å²) in [6.45, 7) is 0. The molecule has 10 aromatic rings. The molecule has 0 unspecified atom stereocenters. The first-order valence-electron chi connectivity index (χ1n) is 18.4. The van der Waals surface area contributed by atoms with Crippen molar-refractivity contribution < 1.29 is 4.42 Å². The molecule has 1 aliphatic carbocycles. The van der Waals surface area contributed by atoms with Gasteiger partial charge in [0.05, 0.1) is 5.41 Å². The van der Waals surface area contributed by atoms with Crippen molar-refractivity contribution in [3.05, 3.63) is 216 Å². The van der Waals surface area contributed by atoms with Crippen molar-refractivity contribution in [2.75, 3.05) is 0 Å². The predicted molar refractivity (Wildman–Crippen MR) is 220 cm³/mol. The minimum Gasteiger partial charge on any atom is -0.452 e. The van der Waals surface area contributed by atoms with Crippen LogP contribution in [0.15, 0.2) is 199 Å². The molecule has 2 heterocycles. The lowest BCUT2D eigenvalue weighted by molar-refractivity contribution is 0.667. The zero-order valence-corrected chi connectivity index (χ0v) is 29.3. The quantitative estimate of drug-likeness (QED) is 0.181. The first kappa shape index (κ1) is 30.5. The molecule has 3 nitrogen and oxygen atoms in total. The second-order valence-electron chi connectivity index (χ2n) is 14.0. The summed E-state index contributed by atoms with van der Waals surface area (Å²) >= 11 is 0. The van der Waals surface area contributed by atoms with Crippen LogP contribution < -0.4 is 0 Å². The first-order chi connectivity index (χ1) is 26.8. The van der Waals surface area contributed by atoms with E-state index >= 15 is 0 Å². The van der Waals surface area contributed by atoms with Gasteiger partial charge >= 0.3 is 0 Å². The summed E-state index contributed by atoms with van der Waals surface area (Å²) in [5.74, 6) is 0.670. The van der Waals surface area contributed by atoms with E-state index in [0.717, 1.165) is 38.9 Å². The summed E-state index contributed by atoms with van der Waals surface area (Å²) in [4.78, 5) is 10.2. The highest BCUT2D eigenvalue weighted by molar-refractivity contribution is 6.08. The lowest BCUT2D eigenvalue weighted by Crippen LogP contribution is -2.28. The molecule has 0 fully saturated rings. The highest BCUT2D eigenvalue weighted by atomic mass is 16.3. The molecule has 8 aromatic carbocycles. The molecular formula is C51H32N2O. The number of nitrogens with zero attached hydrogens (tertiary/aromatic N) is 2. The molecule has 0 atom stereocenters. The van der Waals surface area contributed by atoms with E-state index in [1.807, 2.05) is 36.4 Å². The summed E-state index contributed by atoms with van der Waals surface area (Å²) in [5, 5.41) is 3.46. The van der Waals surface area contributed by atoms with E-state index in [2.05, 4.69) is 158 Å². The molecule has 54 heavy (non-hydrogen) atoms. The van der Waals surface area contributed by atoms with Gasteiger partial charge in [-0.05, 0) is 67.4 Å². The van der Waals surface area contributed by atoms with Gasteiger partial charge in [-0.15, -0.1) is 0 Å². The summed E-state index contributed by atoms with van der Waals surface area (Å²) in [7, 11) is 0. The first-order valence-corrected chi connectivity index (χ1v) is 18.4. The monoisotopic (exact) mass is 688 g/mol. The van der Waals surface area contributed by atoms with Gasteiger partial charge in [0.15, 0.2) is 11.4 Å². The molecule has 0 N–H and O–H groups in total. The Balaban J connectivity index is 1.09. The van der Waals surface area contributed by atoms with Gasteiger partial charge in [0.2, 0.25) is 0 Å². The van der Waals surface area contributed by atoms with Gasteiger partial charge in [-0.1, -0.05) is 182 Å². The molecule has 0 aliphatic heterocycles. The van der Waals surface area contributed by atoms with Gasteiger partial charge in [0.1, 0.15) is 16.8 Å². The van der Waals surface area contributed by atoms with Gasteiger partial charge in [0, 0.05) is 16.5 Å². The molecule has 2 aromatic heterocycles. The number of hydrogen-bond donors (Lipinski definition) is 0. The van der Waals surface area contributed by atoms with Crippen LogP contribution >= 0.6 is 0 Å². The molecule has 0 amide bonds. The molecule has 0 saturated heterocycles. The average Bonchev–Trinajstić information content (AvgIpc) is 3.78. The Morgan fingerprint density at radius 3 is 1.76 bits per heavy atom. The smallest absolute Gasteiger partial charge is 0.180 e. The number of aromatic nitrogens is 2. The van der Waals surface area contributed by atoms with Crippen molar-refractivity contribution in [1.82, 2.24) is 9.97 Å². The standard InChI is InChI=1S/C51H32N2O/c1-4-15-34(16-5-1)47-49-48(43-22-11-13-26-45(43)54-49)53-50(52-47)35-29-27-33(28-30-35)38-23-14-24-41-39(38)31-32-42-40-21-10-12-25-44(40)51(46(41)42,36-17-6-2-7-18-36)37-19-8-3-9-20-37/h1-32H. The topological polar surface area (TPSA) is 38.9 Å². The van der Waals surface area contributed by atoms with Gasteiger partial charge in [-0.3, -0.25) is 0 Å². The second-order valence-corrected chi connectivity index (χ2v) is 14.0. The Morgan fingerprint density at radius 1 is 0.389 bits per heavy atom. The molecular weight excluding hydrogens is 657 g/mol. The highest BCUT2D eigenvalue weighted by Gasteiger charge is 2.47. The number of rotatable bonds is 5. The number of hydrogen-bond acceptors (Lipinski definition) is 3. The van der Waals surface area contributed by atoms with Crippen molar-refractivity contribution in [1.29, 1.82) is 0 Å². The molecule has 11 rings (SSSR count). The third-order valence-corrected chi connectivity index (χ3v) is 11.2. The van der Waals surface area contributed by atoms with Crippen LogP contribution in [0.25, 0.3) is 77.7 Å². The molecule has 1 aliphatic rings. The lowest BCUT2D eigenvalue weighted by atomic mass is 9.66. The van der Waals surface area contributed by atoms with E-state index < -0.39 is 5.41 Å². The van der Waals surface area contributed by atoms with Crippen molar-refractivity contribution in [2.24, 2.45) is 0 Å². The van der Waals surface area contributed by atoms with Crippen molar-refractivity contribution in [3.8, 4) is 44.9 Å². The Kier molecular flexibility index (Phi) is 6.77. The molecule has 0 radical (unpaired) electrons. The molecule has 0 spiro atoms. The largest absolute Gasteiger partial charge is 0.452 e. The maximum atomic E-state index is 6.34. The van der Waals surface area contributed by atoms with Crippen LogP contribution in [0.3, 0.4) is 0 Å². The Bertz CT molecular complexity index is 2980. The summed E-state index contributed by atoms with van der Waals surface area (Å²) in [6, 6.07) is 69.4. The number of benzene rings is 8. The number of fused-ring (bicyclic) bond motifs is 8. The zero-order chi connectivity index (χ0) is 35.6. The summed E-state index contributed by atoms with van der Waals surface area (Å²) < 4.78 is 6.34. The van der Waals surface area contributed by atoms with Crippen LogP contribution in [0, 0.1) is 0 Å². The van der Waals surface area contributed by atoms with Gasteiger partial charge in [-0.25, -0.2) is 9.97 Å². The molecule has 0 saturated carbocycles. The Hall–Kier alpha value is -7.10. The van der Waals surface area contributed by atoms with E-state index in [1.165, 1.54) is 49.7 Å². The van der Waals surface area contributed by atoms with Crippen molar-refractivity contribution >= 4 is 32.8 Å². The number of furan rings is 1. The lowest BCUT2D eigenvalue weighted by Gasteiger charge is -2.34. The maximum Gasteiger partial charge on any atom is 0.180 e. The normalized spacial score (nSPS) is 13.0. The number of para-hydroxylation sites is 1. The molecule has 252 valence electrons. The second kappa shape index (κ2) is 12.0. The van der Waals surface area contributed by atoms with Crippen LogP contribution in [-0.2, 0) is 5.41 Å². The van der Waals surface area contributed by atoms with E-state index in [-0.39, 0.29) is 0 Å². The fourth-order valence-electron chi connectivity index (χ4n) is 8.87. The average molecular weight is 689 g/mol. The maximum absolute atomic E-state index is 6.34. The van der Waals surface area contributed by atoms with Crippen LogP contribution in [0.1, 0.15) is 22.3 Å². The van der Waals surface area contributed by atoms with Crippen LogP contribution in [0.4, 0.5) is 0 Å². The van der Waals surface area contributed by atoms with Gasteiger partial charge in [0.25, 0.3) is 0 Å². The summed E-state index contributed by atoms with van der Waals surface area (Å²) in [5.41, 5.74) is 14.7. The minimum atomic E-state index is -0.472. The van der Waals surface area contributed by atoms with E-state index in [9.17, 15) is 0 Å². The van der Waals surface area contributed by atoms with Gasteiger partial charge in [-0.2, -0.15) is 0 Å². The van der Waals surface area contributed by atoms with Crippen molar-refractivity contribution in [3.63, 3.8) is 0 Å². The minimum absolute atomic E-state index is 0.472. The predicted octanol–water partition coefficient (Wildman–Crippen LogP) is 12.9. The fraction of sp³-hybridized carbons (Fsp3) is 0.0196. The van der Waals surface area contributed by atoms with Crippen LogP contribution in [0.5, 0.6) is 0 Å². The van der Waals surface area contributed by atoms with Crippen LogP contribution in [-0.4, -0.2) is 9.97 Å². The SMILES string of the molecule is c1ccc(-c2nc(-c3ccc(-c4cccc5c6c(ccc45)-c4ccccc4C6(c4ccccc4)c4ccccc4)cc3)nc3c2oc2ccccc23)cc1. The third kappa shape index (κ3) is 4.42. The van der Waals surface area contributed by atoms with Crippen LogP contribution in [0.2, 0.25) is 0 Å². The molecule has 3 heteroatoms. The highest BCUT2D eigenvalue weighted by Crippen LogP contribution is 2.58. The van der Waals surface area contributed by atoms with Gasteiger partial charge < -0.3 is 4.42 Å². The van der Waals surface area contributed by atoms with E-state index in [4.69, 9.17) is 14.4 Å². The van der Waals surface area contributed by atoms with E-state index in [0.29, 0.717) is 11.4 Å². The third-order valence-electron chi connectivity index (χ3n) is 11.2. The fourth-order valence-corrected chi connectivity index (χ4v) is 8.87. The molecule has 0 bridgehead atoms. The summed E-state index contributed by atoms with van der Waals surface area (Å²) in [6.07, 6.45) is 0. The van der Waals surface area contributed by atoms with Crippen molar-refractivity contribution in [2.45, 2.75) is 5.41 Å². The van der Waals surface area contributed by atoms with E-state index in [1.54, 1.807) is 0 Å². The zero-order valence-electron chi connectivity index (χ0n) is 29.3. The Morgan fingerprint density at radius 2 is 1.00 bits per heavy atom. The Labute approximate surface area is 312 Å².